The highest BCUT2D eigenvalue weighted by Crippen LogP contribution is 2.36. The van der Waals surface area contributed by atoms with Gasteiger partial charge in [-0.15, -0.1) is 10.2 Å². The normalized spacial score (nSPS) is 16.1. The summed E-state index contributed by atoms with van der Waals surface area (Å²) in [4.78, 5) is 0. The molecule has 2 aromatic carbocycles. The van der Waals surface area contributed by atoms with E-state index in [2.05, 4.69) is 23.2 Å². The average molecular weight is 410 g/mol. The van der Waals surface area contributed by atoms with Crippen LogP contribution in [0.5, 0.6) is 11.5 Å². The summed E-state index contributed by atoms with van der Waals surface area (Å²) in [5.74, 6) is 1.37. The molecule has 0 radical (unpaired) electrons. The minimum atomic E-state index is 0.0900. The van der Waals surface area contributed by atoms with Crippen LogP contribution >= 0.6 is 11.3 Å². The Labute approximate surface area is 173 Å². The Balaban J connectivity index is 1.96. The number of methoxy groups -OCH3 is 2. The highest BCUT2D eigenvalue weighted by molar-refractivity contribution is 7.13. The van der Waals surface area contributed by atoms with Crippen LogP contribution in [0, 0.1) is 6.92 Å². The maximum Gasteiger partial charge on any atom is 0.228 e. The molecule has 1 aromatic heterocycles. The van der Waals surface area contributed by atoms with Crippen molar-refractivity contribution in [2.24, 2.45) is 5.10 Å². The molecule has 0 fully saturated rings. The van der Waals surface area contributed by atoms with Gasteiger partial charge in [0, 0.05) is 16.8 Å². The SMILES string of the molecule is COc1cc2c(cc1OC)C(c1ccc(N)c(C)c1)=NN(c1nncs1)C(C)C2. The maximum atomic E-state index is 6.05. The van der Waals surface area contributed by atoms with E-state index in [0.717, 1.165) is 45.2 Å². The van der Waals surface area contributed by atoms with Crippen molar-refractivity contribution in [3.63, 3.8) is 0 Å². The van der Waals surface area contributed by atoms with Crippen LogP contribution in [0.4, 0.5) is 10.8 Å². The number of hydrogen-bond acceptors (Lipinski definition) is 8. The summed E-state index contributed by atoms with van der Waals surface area (Å²) in [7, 11) is 3.29. The van der Waals surface area contributed by atoms with Crippen LogP contribution in [0.2, 0.25) is 0 Å². The molecule has 150 valence electrons. The van der Waals surface area contributed by atoms with Crippen LogP contribution in [0.1, 0.15) is 29.2 Å². The Kier molecular flexibility index (Phi) is 5.10. The van der Waals surface area contributed by atoms with E-state index < -0.39 is 0 Å². The van der Waals surface area contributed by atoms with Crippen molar-refractivity contribution in [2.75, 3.05) is 25.0 Å². The van der Waals surface area contributed by atoms with Crippen molar-refractivity contribution >= 4 is 27.9 Å². The van der Waals surface area contributed by atoms with Crippen LogP contribution in [-0.4, -0.2) is 36.2 Å². The molecule has 0 amide bonds. The standard InChI is InChI=1S/C21H23N5O2S/c1-12-7-14(5-6-17(12)22)20-16-10-19(28-4)18(27-3)9-15(16)8-13(2)26(25-20)21-24-23-11-29-21/h5-7,9-11,13H,8,22H2,1-4H3. The predicted molar refractivity (Wildman–Crippen MR) is 116 cm³/mol. The lowest BCUT2D eigenvalue weighted by atomic mass is 9.93. The molecule has 2 N–H and O–H groups in total. The lowest BCUT2D eigenvalue weighted by Crippen LogP contribution is -2.29. The first kappa shape index (κ1) is 19.2. The number of ether oxygens (including phenoxy) is 2. The molecule has 1 aliphatic heterocycles. The van der Waals surface area contributed by atoms with Gasteiger partial charge < -0.3 is 15.2 Å². The molecule has 2 heterocycles. The number of hydrogen-bond donors (Lipinski definition) is 1. The topological polar surface area (TPSA) is 85.9 Å². The molecule has 0 saturated carbocycles. The van der Waals surface area contributed by atoms with Gasteiger partial charge in [0.25, 0.3) is 0 Å². The first-order valence-electron chi connectivity index (χ1n) is 9.27. The molecular weight excluding hydrogens is 386 g/mol. The Morgan fingerprint density at radius 2 is 1.90 bits per heavy atom. The minimum absolute atomic E-state index is 0.0900. The number of rotatable bonds is 4. The van der Waals surface area contributed by atoms with E-state index in [9.17, 15) is 0 Å². The van der Waals surface area contributed by atoms with Gasteiger partial charge in [0.1, 0.15) is 5.51 Å². The van der Waals surface area contributed by atoms with Gasteiger partial charge in [0.05, 0.1) is 26.0 Å². The van der Waals surface area contributed by atoms with E-state index in [0.29, 0.717) is 11.5 Å². The highest BCUT2D eigenvalue weighted by Gasteiger charge is 2.27. The number of anilines is 2. The number of fused-ring (bicyclic) bond motifs is 1. The van der Waals surface area contributed by atoms with Crippen LogP contribution in [0.15, 0.2) is 40.9 Å². The Hall–Kier alpha value is -3.13. The zero-order valence-corrected chi connectivity index (χ0v) is 17.7. The van der Waals surface area contributed by atoms with Crippen molar-refractivity contribution < 1.29 is 9.47 Å². The van der Waals surface area contributed by atoms with Gasteiger partial charge in [-0.2, -0.15) is 5.10 Å². The number of nitrogen functional groups attached to an aromatic ring is 1. The number of nitrogens with two attached hydrogens (primary N) is 1. The van der Waals surface area contributed by atoms with E-state index in [1.165, 1.54) is 11.3 Å². The molecule has 3 aromatic rings. The van der Waals surface area contributed by atoms with Gasteiger partial charge in [0.2, 0.25) is 5.13 Å². The molecule has 29 heavy (non-hydrogen) atoms. The van der Waals surface area contributed by atoms with E-state index in [-0.39, 0.29) is 6.04 Å². The minimum Gasteiger partial charge on any atom is -0.493 e. The smallest absolute Gasteiger partial charge is 0.228 e. The van der Waals surface area contributed by atoms with Crippen molar-refractivity contribution in [3.8, 4) is 11.5 Å². The fraction of sp³-hybridized carbons (Fsp3) is 0.286. The van der Waals surface area contributed by atoms with Gasteiger partial charge in [-0.1, -0.05) is 17.4 Å². The summed E-state index contributed by atoms with van der Waals surface area (Å²) in [6, 6.07) is 10.1. The van der Waals surface area contributed by atoms with Gasteiger partial charge in [-0.05, 0) is 55.7 Å². The molecule has 8 heteroatoms. The van der Waals surface area contributed by atoms with E-state index in [1.807, 2.05) is 36.2 Å². The summed E-state index contributed by atoms with van der Waals surface area (Å²) in [5.41, 5.74) is 13.5. The predicted octanol–water partition coefficient (Wildman–Crippen LogP) is 3.65. The highest BCUT2D eigenvalue weighted by atomic mass is 32.1. The van der Waals surface area contributed by atoms with Crippen molar-refractivity contribution in [2.45, 2.75) is 26.3 Å². The van der Waals surface area contributed by atoms with Gasteiger partial charge in [-0.25, -0.2) is 5.01 Å². The van der Waals surface area contributed by atoms with E-state index >= 15 is 0 Å². The first-order valence-corrected chi connectivity index (χ1v) is 10.2. The lowest BCUT2D eigenvalue weighted by molar-refractivity contribution is 0.354. The third-order valence-corrected chi connectivity index (χ3v) is 5.77. The number of aromatic nitrogens is 2. The second-order valence-corrected chi connectivity index (χ2v) is 7.82. The third-order valence-electron chi connectivity index (χ3n) is 5.09. The number of benzene rings is 2. The molecule has 0 spiro atoms. The molecular formula is C21H23N5O2S. The van der Waals surface area contributed by atoms with Gasteiger partial charge in [0.15, 0.2) is 11.5 Å². The lowest BCUT2D eigenvalue weighted by Gasteiger charge is -2.21. The van der Waals surface area contributed by atoms with E-state index in [4.69, 9.17) is 20.3 Å². The molecule has 1 aliphatic rings. The Bertz CT molecular complexity index is 1070. The second-order valence-electron chi connectivity index (χ2n) is 7.00. The summed E-state index contributed by atoms with van der Waals surface area (Å²) in [6.07, 6.45) is 0.774. The molecule has 4 rings (SSSR count). The van der Waals surface area contributed by atoms with Gasteiger partial charge in [-0.3, -0.25) is 0 Å². The van der Waals surface area contributed by atoms with Crippen molar-refractivity contribution in [3.05, 3.63) is 58.1 Å². The maximum absolute atomic E-state index is 6.05. The summed E-state index contributed by atoms with van der Waals surface area (Å²) < 4.78 is 11.1. The fourth-order valence-corrected chi connectivity index (χ4v) is 4.12. The molecule has 1 unspecified atom stereocenters. The average Bonchev–Trinajstić information content (AvgIpc) is 3.20. The van der Waals surface area contributed by atoms with Crippen molar-refractivity contribution in [1.29, 1.82) is 0 Å². The second kappa shape index (κ2) is 7.71. The molecule has 0 aliphatic carbocycles. The number of aryl methyl sites for hydroxylation is 1. The van der Waals surface area contributed by atoms with E-state index in [1.54, 1.807) is 19.7 Å². The largest absolute Gasteiger partial charge is 0.493 e. The summed E-state index contributed by atoms with van der Waals surface area (Å²) in [5, 5.41) is 16.0. The number of nitrogens with zero attached hydrogens (tertiary/aromatic N) is 4. The Morgan fingerprint density at radius 1 is 1.14 bits per heavy atom. The Morgan fingerprint density at radius 3 is 2.55 bits per heavy atom. The van der Waals surface area contributed by atoms with Gasteiger partial charge >= 0.3 is 0 Å². The number of hydrazone groups is 1. The molecule has 7 nitrogen and oxygen atoms in total. The van der Waals surface area contributed by atoms with Crippen molar-refractivity contribution in [1.82, 2.24) is 10.2 Å². The first-order chi connectivity index (χ1) is 14.0. The fourth-order valence-electron chi connectivity index (χ4n) is 3.51. The molecule has 1 atom stereocenters. The summed E-state index contributed by atoms with van der Waals surface area (Å²) in [6.45, 7) is 4.12. The monoisotopic (exact) mass is 409 g/mol. The zero-order chi connectivity index (χ0) is 20.5. The summed E-state index contributed by atoms with van der Waals surface area (Å²) >= 11 is 1.47. The molecule has 0 bridgehead atoms. The molecule has 0 saturated heterocycles. The van der Waals surface area contributed by atoms with Crippen LogP contribution in [0.3, 0.4) is 0 Å². The zero-order valence-electron chi connectivity index (χ0n) is 16.8. The quantitative estimate of drug-likeness (QED) is 0.662. The van der Waals surface area contributed by atoms with Crippen LogP contribution in [-0.2, 0) is 6.42 Å². The van der Waals surface area contributed by atoms with Crippen LogP contribution < -0.4 is 20.2 Å². The van der Waals surface area contributed by atoms with Crippen LogP contribution in [0.25, 0.3) is 0 Å². The third kappa shape index (κ3) is 3.51.